The van der Waals surface area contributed by atoms with E-state index >= 15 is 0 Å². The Morgan fingerprint density at radius 3 is 2.69 bits per heavy atom. The summed E-state index contributed by atoms with van der Waals surface area (Å²) in [4.78, 5) is 0. The minimum atomic E-state index is -0.456. The van der Waals surface area contributed by atoms with Gasteiger partial charge in [-0.25, -0.2) is 4.68 Å². The van der Waals surface area contributed by atoms with E-state index in [1.807, 2.05) is 39.4 Å². The summed E-state index contributed by atoms with van der Waals surface area (Å²) in [6.45, 7) is 4.42. The first-order valence-electron chi connectivity index (χ1n) is 5.13. The number of nitrogens with two attached hydrogens (primary N) is 1. The number of aryl methyl sites for hydroxylation is 1. The van der Waals surface area contributed by atoms with Crippen molar-refractivity contribution in [3.05, 3.63) is 29.8 Å². The smallest absolute Gasteiger partial charge is 0.102 e. The molecule has 2 N–H and O–H groups in total. The van der Waals surface area contributed by atoms with Gasteiger partial charge in [0, 0.05) is 13.2 Å². The van der Waals surface area contributed by atoms with Crippen LogP contribution in [0.15, 0.2) is 18.5 Å². The SMILES string of the molecule is Cn1ccc(Cn2cc(C(C)(C)N)nn2)n1. The molecule has 0 amide bonds. The molecule has 0 unspecified atom stereocenters. The van der Waals surface area contributed by atoms with Gasteiger partial charge in [0.25, 0.3) is 0 Å². The van der Waals surface area contributed by atoms with Crippen molar-refractivity contribution in [1.29, 1.82) is 0 Å². The Morgan fingerprint density at radius 2 is 2.19 bits per heavy atom. The van der Waals surface area contributed by atoms with E-state index in [-0.39, 0.29) is 0 Å². The maximum Gasteiger partial charge on any atom is 0.102 e. The minimum absolute atomic E-state index is 0.456. The van der Waals surface area contributed by atoms with Gasteiger partial charge in [-0.1, -0.05) is 5.21 Å². The lowest BCUT2D eigenvalue weighted by Gasteiger charge is -2.13. The zero-order valence-corrected chi connectivity index (χ0v) is 9.75. The van der Waals surface area contributed by atoms with Gasteiger partial charge in [-0.05, 0) is 19.9 Å². The molecule has 0 bridgehead atoms. The highest BCUT2D eigenvalue weighted by Crippen LogP contribution is 2.12. The Labute approximate surface area is 94.1 Å². The van der Waals surface area contributed by atoms with Gasteiger partial charge in [0.15, 0.2) is 0 Å². The fourth-order valence-corrected chi connectivity index (χ4v) is 1.38. The van der Waals surface area contributed by atoms with E-state index in [1.54, 1.807) is 9.36 Å². The van der Waals surface area contributed by atoms with Crippen molar-refractivity contribution >= 4 is 0 Å². The van der Waals surface area contributed by atoms with E-state index in [0.29, 0.717) is 6.54 Å². The molecule has 0 atom stereocenters. The maximum atomic E-state index is 5.93. The summed E-state index contributed by atoms with van der Waals surface area (Å²) in [5.41, 5.74) is 7.21. The van der Waals surface area contributed by atoms with Crippen LogP contribution in [0, 0.1) is 0 Å². The van der Waals surface area contributed by atoms with E-state index < -0.39 is 5.54 Å². The Hall–Kier alpha value is -1.69. The predicted molar refractivity (Wildman–Crippen MR) is 59.5 cm³/mol. The van der Waals surface area contributed by atoms with Gasteiger partial charge in [-0.15, -0.1) is 5.10 Å². The number of nitrogens with zero attached hydrogens (tertiary/aromatic N) is 5. The highest BCUT2D eigenvalue weighted by atomic mass is 15.4. The molecule has 2 rings (SSSR count). The third kappa shape index (κ3) is 2.27. The summed E-state index contributed by atoms with van der Waals surface area (Å²) in [7, 11) is 1.89. The van der Waals surface area contributed by atoms with Crippen LogP contribution >= 0.6 is 0 Å². The summed E-state index contributed by atoms with van der Waals surface area (Å²) in [5, 5.41) is 12.3. The first-order valence-corrected chi connectivity index (χ1v) is 5.13. The number of hydrogen-bond donors (Lipinski definition) is 1. The van der Waals surface area contributed by atoms with Gasteiger partial charge in [-0.2, -0.15) is 5.10 Å². The maximum absolute atomic E-state index is 5.93. The lowest BCUT2D eigenvalue weighted by molar-refractivity contribution is 0.533. The molecule has 6 nitrogen and oxygen atoms in total. The van der Waals surface area contributed by atoms with Crippen molar-refractivity contribution in [3.63, 3.8) is 0 Å². The second kappa shape index (κ2) is 3.71. The molecule has 0 saturated carbocycles. The van der Waals surface area contributed by atoms with Crippen molar-refractivity contribution in [2.45, 2.75) is 25.9 Å². The molecule has 2 aromatic heterocycles. The summed E-state index contributed by atoms with van der Waals surface area (Å²) in [6, 6.07) is 1.95. The second-order valence-corrected chi connectivity index (χ2v) is 4.50. The van der Waals surface area contributed by atoms with Crippen LogP contribution in [0.3, 0.4) is 0 Å². The molecule has 0 aliphatic carbocycles. The Balaban J connectivity index is 2.14. The molecule has 0 aromatic carbocycles. The predicted octanol–water partition coefficient (Wildman–Crippen LogP) is 0.254. The summed E-state index contributed by atoms with van der Waals surface area (Å²) in [5.74, 6) is 0. The molecular weight excluding hydrogens is 204 g/mol. The number of hydrogen-bond acceptors (Lipinski definition) is 4. The quantitative estimate of drug-likeness (QED) is 0.804. The Kier molecular flexibility index (Phi) is 2.51. The Bertz CT molecular complexity index is 475. The highest BCUT2D eigenvalue weighted by molar-refractivity contribution is 5.07. The molecule has 0 saturated heterocycles. The van der Waals surface area contributed by atoms with Gasteiger partial charge < -0.3 is 5.73 Å². The van der Waals surface area contributed by atoms with Crippen molar-refractivity contribution < 1.29 is 0 Å². The molecule has 6 heteroatoms. The fraction of sp³-hybridized carbons (Fsp3) is 0.500. The van der Waals surface area contributed by atoms with Crippen LogP contribution in [-0.4, -0.2) is 24.8 Å². The summed E-state index contributed by atoms with van der Waals surface area (Å²) >= 11 is 0. The second-order valence-electron chi connectivity index (χ2n) is 4.50. The lowest BCUT2D eigenvalue weighted by atomic mass is 10.0. The van der Waals surface area contributed by atoms with Gasteiger partial charge >= 0.3 is 0 Å². The van der Waals surface area contributed by atoms with Crippen LogP contribution < -0.4 is 5.73 Å². The standard InChI is InChI=1S/C10H16N6/c1-10(2,11)9-7-16(14-12-9)6-8-4-5-15(3)13-8/h4-5,7H,6,11H2,1-3H3. The molecule has 0 aliphatic rings. The third-order valence-corrected chi connectivity index (χ3v) is 2.29. The first-order chi connectivity index (χ1) is 7.45. The fourth-order valence-electron chi connectivity index (χ4n) is 1.38. The zero-order chi connectivity index (χ0) is 11.8. The summed E-state index contributed by atoms with van der Waals surface area (Å²) in [6.07, 6.45) is 3.76. The van der Waals surface area contributed by atoms with Crippen LogP contribution in [0.1, 0.15) is 25.2 Å². The van der Waals surface area contributed by atoms with Gasteiger partial charge in [0.2, 0.25) is 0 Å². The molecule has 16 heavy (non-hydrogen) atoms. The van der Waals surface area contributed by atoms with Crippen LogP contribution in [0.2, 0.25) is 0 Å². The largest absolute Gasteiger partial charge is 0.320 e. The van der Waals surface area contributed by atoms with Gasteiger partial charge in [-0.3, -0.25) is 4.68 Å². The van der Waals surface area contributed by atoms with Crippen molar-refractivity contribution in [1.82, 2.24) is 24.8 Å². The van der Waals surface area contributed by atoms with E-state index in [2.05, 4.69) is 15.4 Å². The molecule has 86 valence electrons. The minimum Gasteiger partial charge on any atom is -0.320 e. The van der Waals surface area contributed by atoms with E-state index in [9.17, 15) is 0 Å². The van der Waals surface area contributed by atoms with Crippen LogP contribution in [-0.2, 0) is 19.1 Å². The average Bonchev–Trinajstić information content (AvgIpc) is 2.74. The van der Waals surface area contributed by atoms with Crippen LogP contribution in [0.4, 0.5) is 0 Å². The number of aromatic nitrogens is 5. The van der Waals surface area contributed by atoms with Crippen molar-refractivity contribution in [2.75, 3.05) is 0 Å². The zero-order valence-electron chi connectivity index (χ0n) is 9.75. The lowest BCUT2D eigenvalue weighted by Crippen LogP contribution is -2.29. The van der Waals surface area contributed by atoms with Crippen molar-refractivity contribution in [2.24, 2.45) is 12.8 Å². The van der Waals surface area contributed by atoms with Crippen LogP contribution in [0.5, 0.6) is 0 Å². The first kappa shape index (κ1) is 10.8. The van der Waals surface area contributed by atoms with Crippen molar-refractivity contribution in [3.8, 4) is 0 Å². The molecule has 2 heterocycles. The van der Waals surface area contributed by atoms with E-state index in [4.69, 9.17) is 5.73 Å². The normalized spacial score (nSPS) is 12.0. The molecule has 0 aliphatic heterocycles. The van der Waals surface area contributed by atoms with E-state index in [0.717, 1.165) is 11.4 Å². The molecule has 0 fully saturated rings. The summed E-state index contributed by atoms with van der Waals surface area (Å²) < 4.78 is 3.51. The Morgan fingerprint density at radius 1 is 1.44 bits per heavy atom. The molecular formula is C10H16N6. The highest BCUT2D eigenvalue weighted by Gasteiger charge is 2.18. The molecule has 0 radical (unpaired) electrons. The topological polar surface area (TPSA) is 74.5 Å². The van der Waals surface area contributed by atoms with Gasteiger partial charge in [0.1, 0.15) is 5.69 Å². The average molecular weight is 220 g/mol. The van der Waals surface area contributed by atoms with Gasteiger partial charge in [0.05, 0.1) is 24.0 Å². The molecule has 0 spiro atoms. The monoisotopic (exact) mass is 220 g/mol. The van der Waals surface area contributed by atoms with E-state index in [1.165, 1.54) is 0 Å². The molecule has 2 aromatic rings. The van der Waals surface area contributed by atoms with Crippen LogP contribution in [0.25, 0.3) is 0 Å². The third-order valence-electron chi connectivity index (χ3n) is 2.29. The number of rotatable bonds is 3.